The normalized spacial score (nSPS) is 11.6. The zero-order valence-corrected chi connectivity index (χ0v) is 18.5. The van der Waals surface area contributed by atoms with Gasteiger partial charge < -0.3 is 19.2 Å². The van der Waals surface area contributed by atoms with Crippen LogP contribution < -0.4 is 14.8 Å². The Kier molecular flexibility index (Phi) is 6.99. The minimum absolute atomic E-state index is 0.269. The van der Waals surface area contributed by atoms with Gasteiger partial charge in [-0.05, 0) is 49.7 Å². The molecule has 7 heteroatoms. The van der Waals surface area contributed by atoms with Crippen molar-refractivity contribution >= 4 is 11.6 Å². The number of rotatable bonds is 9. The van der Waals surface area contributed by atoms with Gasteiger partial charge in [0.15, 0.2) is 6.10 Å². The van der Waals surface area contributed by atoms with E-state index < -0.39 is 6.10 Å². The van der Waals surface area contributed by atoms with E-state index in [4.69, 9.17) is 13.9 Å². The average molecular weight is 444 g/mol. The van der Waals surface area contributed by atoms with Crippen molar-refractivity contribution in [1.82, 2.24) is 10.2 Å². The summed E-state index contributed by atoms with van der Waals surface area (Å²) in [5.41, 5.74) is 2.05. The van der Waals surface area contributed by atoms with Crippen LogP contribution in [0.3, 0.4) is 0 Å². The van der Waals surface area contributed by atoms with Crippen LogP contribution in [-0.2, 0) is 4.79 Å². The molecule has 4 aromatic rings. The second kappa shape index (κ2) is 10.5. The Morgan fingerprint density at radius 2 is 1.55 bits per heavy atom. The molecule has 0 spiro atoms. The minimum Gasteiger partial charge on any atom is -0.492 e. The fraction of sp³-hybridized carbons (Fsp3) is 0.192. The first-order valence-corrected chi connectivity index (χ1v) is 10.9. The van der Waals surface area contributed by atoms with Gasteiger partial charge in [0.25, 0.3) is 11.8 Å². The van der Waals surface area contributed by atoms with Crippen molar-refractivity contribution in [2.45, 2.75) is 26.4 Å². The lowest BCUT2D eigenvalue weighted by Gasteiger charge is -2.19. The molecule has 0 aliphatic rings. The molecule has 0 aliphatic heterocycles. The van der Waals surface area contributed by atoms with Crippen LogP contribution in [0.5, 0.6) is 11.5 Å². The molecule has 4 rings (SSSR count). The van der Waals surface area contributed by atoms with E-state index in [-0.39, 0.29) is 5.91 Å². The first-order chi connectivity index (χ1) is 16.2. The van der Waals surface area contributed by atoms with Crippen LogP contribution in [0, 0.1) is 0 Å². The zero-order valence-electron chi connectivity index (χ0n) is 18.5. The lowest BCUT2D eigenvalue weighted by atomic mass is 10.2. The lowest BCUT2D eigenvalue weighted by Crippen LogP contribution is -2.32. The summed E-state index contributed by atoms with van der Waals surface area (Å²) in [6.07, 6.45) is -0.256. The van der Waals surface area contributed by atoms with Gasteiger partial charge >= 0.3 is 0 Å². The summed E-state index contributed by atoms with van der Waals surface area (Å²) in [7, 11) is 0. The van der Waals surface area contributed by atoms with Gasteiger partial charge in [-0.1, -0.05) is 49.4 Å². The molecule has 1 amide bonds. The fourth-order valence-electron chi connectivity index (χ4n) is 3.32. The van der Waals surface area contributed by atoms with E-state index in [1.807, 2.05) is 80.6 Å². The molecule has 0 fully saturated rings. The van der Waals surface area contributed by atoms with Crippen molar-refractivity contribution in [3.8, 4) is 34.4 Å². The van der Waals surface area contributed by atoms with Crippen LogP contribution in [0.25, 0.3) is 22.9 Å². The molecule has 0 radical (unpaired) electrons. The molecule has 1 unspecified atom stereocenters. The monoisotopic (exact) mass is 443 g/mol. The molecule has 33 heavy (non-hydrogen) atoms. The van der Waals surface area contributed by atoms with Crippen LogP contribution in [0.4, 0.5) is 5.69 Å². The third kappa shape index (κ3) is 5.20. The van der Waals surface area contributed by atoms with Crippen LogP contribution in [0.2, 0.25) is 0 Å². The van der Waals surface area contributed by atoms with E-state index in [9.17, 15) is 4.79 Å². The molecule has 3 aromatic carbocycles. The van der Waals surface area contributed by atoms with Crippen molar-refractivity contribution in [2.75, 3.05) is 11.9 Å². The number of carbonyl (C=O) groups is 1. The van der Waals surface area contributed by atoms with Gasteiger partial charge in [-0.15, -0.1) is 10.2 Å². The van der Waals surface area contributed by atoms with Crippen molar-refractivity contribution in [2.24, 2.45) is 0 Å². The maximum atomic E-state index is 13.0. The molecule has 7 nitrogen and oxygen atoms in total. The number of aromatic nitrogens is 2. The van der Waals surface area contributed by atoms with Gasteiger partial charge in [-0.2, -0.15) is 0 Å². The van der Waals surface area contributed by atoms with E-state index in [1.165, 1.54) is 0 Å². The molecule has 0 saturated heterocycles. The first-order valence-electron chi connectivity index (χ1n) is 10.9. The SMILES string of the molecule is CCOc1ccccc1NC(=O)C(CC)Oc1ccccc1-c1nnc(-c2ccccc2)o1. The average Bonchev–Trinajstić information content (AvgIpc) is 3.35. The second-order valence-corrected chi connectivity index (χ2v) is 7.21. The quantitative estimate of drug-likeness (QED) is 0.362. The number of ether oxygens (including phenoxy) is 2. The molecule has 0 bridgehead atoms. The Hall–Kier alpha value is -4.13. The maximum absolute atomic E-state index is 13.0. The van der Waals surface area contributed by atoms with Crippen molar-refractivity contribution in [1.29, 1.82) is 0 Å². The summed E-state index contributed by atoms with van der Waals surface area (Å²) in [5.74, 6) is 1.57. The summed E-state index contributed by atoms with van der Waals surface area (Å²) in [5, 5.41) is 11.3. The largest absolute Gasteiger partial charge is 0.492 e. The highest BCUT2D eigenvalue weighted by Gasteiger charge is 2.23. The molecule has 168 valence electrons. The topological polar surface area (TPSA) is 86.5 Å². The van der Waals surface area contributed by atoms with E-state index in [0.717, 1.165) is 5.56 Å². The summed E-state index contributed by atoms with van der Waals surface area (Å²) in [6, 6.07) is 24.2. The highest BCUT2D eigenvalue weighted by atomic mass is 16.5. The molecule has 1 heterocycles. The molecular weight excluding hydrogens is 418 g/mol. The highest BCUT2D eigenvalue weighted by molar-refractivity contribution is 5.95. The third-order valence-electron chi connectivity index (χ3n) is 4.94. The Morgan fingerprint density at radius 3 is 2.30 bits per heavy atom. The van der Waals surface area contributed by atoms with E-state index in [2.05, 4.69) is 15.5 Å². The number of benzene rings is 3. The Balaban J connectivity index is 1.54. The molecule has 0 aliphatic carbocycles. The first kappa shape index (κ1) is 22.1. The maximum Gasteiger partial charge on any atom is 0.265 e. The Labute approximate surface area is 192 Å². The predicted molar refractivity (Wildman–Crippen MR) is 126 cm³/mol. The number of anilines is 1. The molecular formula is C26H25N3O4. The van der Waals surface area contributed by atoms with Gasteiger partial charge in [-0.3, -0.25) is 4.79 Å². The number of amides is 1. The number of hydrogen-bond acceptors (Lipinski definition) is 6. The highest BCUT2D eigenvalue weighted by Crippen LogP contribution is 2.32. The van der Waals surface area contributed by atoms with Gasteiger partial charge in [-0.25, -0.2) is 0 Å². The van der Waals surface area contributed by atoms with Crippen molar-refractivity contribution in [3.63, 3.8) is 0 Å². The lowest BCUT2D eigenvalue weighted by molar-refractivity contribution is -0.122. The van der Waals surface area contributed by atoms with Gasteiger partial charge in [0, 0.05) is 5.56 Å². The minimum atomic E-state index is -0.725. The summed E-state index contributed by atoms with van der Waals surface area (Å²) in [6.45, 7) is 4.29. The van der Waals surface area contributed by atoms with Gasteiger partial charge in [0.05, 0.1) is 17.9 Å². The number of carbonyl (C=O) groups excluding carboxylic acids is 1. The number of nitrogens with one attached hydrogen (secondary N) is 1. The number of para-hydroxylation sites is 3. The summed E-state index contributed by atoms with van der Waals surface area (Å²) < 4.78 is 17.6. The molecule has 1 atom stereocenters. The van der Waals surface area contributed by atoms with Gasteiger partial charge in [0.1, 0.15) is 11.5 Å². The zero-order chi connectivity index (χ0) is 23.0. The molecule has 0 saturated carbocycles. The smallest absolute Gasteiger partial charge is 0.265 e. The summed E-state index contributed by atoms with van der Waals surface area (Å²) in [4.78, 5) is 13.0. The van der Waals surface area contributed by atoms with E-state index in [1.54, 1.807) is 12.1 Å². The third-order valence-corrected chi connectivity index (χ3v) is 4.94. The fourth-order valence-corrected chi connectivity index (χ4v) is 3.32. The standard InChI is InChI=1S/C26H25N3O4/c1-3-21(24(30)27-20-15-9-11-17-23(20)31-4-2)32-22-16-10-8-14-19(22)26-29-28-25(33-26)18-12-6-5-7-13-18/h5-17,21H,3-4H2,1-2H3,(H,27,30). The van der Waals surface area contributed by atoms with Gasteiger partial charge in [0.2, 0.25) is 5.89 Å². The number of nitrogens with zero attached hydrogens (tertiary/aromatic N) is 2. The Morgan fingerprint density at radius 1 is 0.879 bits per heavy atom. The van der Waals surface area contributed by atoms with Crippen LogP contribution >= 0.6 is 0 Å². The predicted octanol–water partition coefficient (Wildman–Crippen LogP) is 5.60. The second-order valence-electron chi connectivity index (χ2n) is 7.21. The molecule has 1 N–H and O–H groups in total. The Bertz CT molecular complexity index is 1210. The van der Waals surface area contributed by atoms with Crippen LogP contribution in [0.15, 0.2) is 83.3 Å². The van der Waals surface area contributed by atoms with Crippen molar-refractivity contribution < 1.29 is 18.7 Å². The van der Waals surface area contributed by atoms with Crippen molar-refractivity contribution in [3.05, 3.63) is 78.9 Å². The van der Waals surface area contributed by atoms with E-state index >= 15 is 0 Å². The summed E-state index contributed by atoms with van der Waals surface area (Å²) >= 11 is 0. The van der Waals surface area contributed by atoms with E-state index in [0.29, 0.717) is 47.6 Å². The molecule has 1 aromatic heterocycles. The van der Waals surface area contributed by atoms with Crippen LogP contribution in [-0.4, -0.2) is 28.8 Å². The van der Waals surface area contributed by atoms with Crippen LogP contribution in [0.1, 0.15) is 20.3 Å². The number of hydrogen-bond donors (Lipinski definition) is 1.